The minimum Gasteiger partial charge on any atom is -0.361 e. The van der Waals surface area contributed by atoms with E-state index in [1.54, 1.807) is 6.20 Å². The van der Waals surface area contributed by atoms with Crippen LogP contribution in [0.15, 0.2) is 48.9 Å². The highest BCUT2D eigenvalue weighted by atomic mass is 19.1. The minimum atomic E-state index is -1.01. The highest BCUT2D eigenvalue weighted by Gasteiger charge is 2.43. The fourth-order valence-electron chi connectivity index (χ4n) is 3.39. The number of carbonyl (C=O) groups is 1. The SMILES string of the molecule is Cc1cc2[nH]ccc2cc1-c1ccc2nc(NC(=O)C3CC3F)cn2c1. The molecule has 1 aliphatic rings. The predicted octanol–water partition coefficient (Wildman–Crippen LogP) is 4.09. The van der Waals surface area contributed by atoms with Crippen LogP contribution >= 0.6 is 0 Å². The molecule has 0 spiro atoms. The van der Waals surface area contributed by atoms with Gasteiger partial charge in [0.2, 0.25) is 5.91 Å². The van der Waals surface area contributed by atoms with Gasteiger partial charge in [0.15, 0.2) is 5.82 Å². The van der Waals surface area contributed by atoms with Gasteiger partial charge in [-0.25, -0.2) is 9.37 Å². The molecule has 1 saturated carbocycles. The Bertz CT molecular complexity index is 1160. The van der Waals surface area contributed by atoms with E-state index in [1.807, 2.05) is 28.9 Å². The van der Waals surface area contributed by atoms with E-state index in [-0.39, 0.29) is 5.91 Å². The molecule has 1 amide bonds. The van der Waals surface area contributed by atoms with Crippen molar-refractivity contribution < 1.29 is 9.18 Å². The van der Waals surface area contributed by atoms with Gasteiger partial charge in [-0.3, -0.25) is 4.79 Å². The molecule has 4 aromatic rings. The first-order valence-corrected chi connectivity index (χ1v) is 8.60. The predicted molar refractivity (Wildman–Crippen MR) is 98.9 cm³/mol. The number of aromatic nitrogens is 3. The van der Waals surface area contributed by atoms with E-state index >= 15 is 0 Å². The summed E-state index contributed by atoms with van der Waals surface area (Å²) in [5.74, 6) is -0.370. The van der Waals surface area contributed by atoms with E-state index in [0.29, 0.717) is 12.2 Å². The third kappa shape index (κ3) is 2.45. The lowest BCUT2D eigenvalue weighted by Crippen LogP contribution is -2.15. The highest BCUT2D eigenvalue weighted by Crippen LogP contribution is 2.34. The average molecular weight is 348 g/mol. The Labute approximate surface area is 148 Å². The van der Waals surface area contributed by atoms with Gasteiger partial charge in [-0.15, -0.1) is 0 Å². The van der Waals surface area contributed by atoms with Gasteiger partial charge in [0.25, 0.3) is 0 Å². The quantitative estimate of drug-likeness (QED) is 0.586. The van der Waals surface area contributed by atoms with Crippen LogP contribution in [0.5, 0.6) is 0 Å². The number of anilines is 1. The number of benzene rings is 1. The molecule has 26 heavy (non-hydrogen) atoms. The van der Waals surface area contributed by atoms with Gasteiger partial charge in [-0.05, 0) is 65.8 Å². The molecule has 6 heteroatoms. The standard InChI is InChI=1S/C20H17FN4O/c1-11-6-17-12(4-5-22-17)7-14(11)13-2-3-19-23-18(10-25(19)9-13)24-20(26)15-8-16(15)21/h2-7,9-10,15-16,22H,8H2,1H3,(H,24,26). The van der Waals surface area contributed by atoms with Crippen LogP contribution in [0, 0.1) is 12.8 Å². The fraction of sp³-hybridized carbons (Fsp3) is 0.200. The molecule has 1 aliphatic carbocycles. The molecule has 5 rings (SSSR count). The maximum atomic E-state index is 13.0. The molecule has 3 aromatic heterocycles. The summed E-state index contributed by atoms with van der Waals surface area (Å²) < 4.78 is 14.9. The first kappa shape index (κ1) is 15.1. The molecule has 0 saturated heterocycles. The first-order chi connectivity index (χ1) is 12.6. The van der Waals surface area contributed by atoms with Crippen molar-refractivity contribution in [2.45, 2.75) is 19.5 Å². The van der Waals surface area contributed by atoms with Crippen LogP contribution in [0.3, 0.4) is 0 Å². The molecule has 130 valence electrons. The van der Waals surface area contributed by atoms with Crippen LogP contribution in [0.1, 0.15) is 12.0 Å². The number of nitrogens with one attached hydrogen (secondary N) is 2. The summed E-state index contributed by atoms with van der Waals surface area (Å²) in [5.41, 5.74) is 5.25. The lowest BCUT2D eigenvalue weighted by atomic mass is 10.0. The van der Waals surface area contributed by atoms with E-state index in [4.69, 9.17) is 0 Å². The Balaban J connectivity index is 1.50. The number of pyridine rings is 1. The van der Waals surface area contributed by atoms with E-state index in [0.717, 1.165) is 27.7 Å². The molecule has 2 atom stereocenters. The van der Waals surface area contributed by atoms with E-state index in [9.17, 15) is 9.18 Å². The van der Waals surface area contributed by atoms with E-state index in [2.05, 4.69) is 40.4 Å². The summed E-state index contributed by atoms with van der Waals surface area (Å²) in [5, 5.41) is 3.86. The monoisotopic (exact) mass is 348 g/mol. The Kier molecular flexibility index (Phi) is 3.16. The van der Waals surface area contributed by atoms with Crippen LogP contribution in [0.2, 0.25) is 0 Å². The van der Waals surface area contributed by atoms with Crippen molar-refractivity contribution in [2.75, 3.05) is 5.32 Å². The summed E-state index contributed by atoms with van der Waals surface area (Å²) in [6.07, 6.45) is 4.99. The van der Waals surface area contributed by atoms with Crippen molar-refractivity contribution in [3.63, 3.8) is 0 Å². The zero-order chi connectivity index (χ0) is 17.8. The zero-order valence-electron chi connectivity index (χ0n) is 14.2. The Morgan fingerprint density at radius 1 is 1.31 bits per heavy atom. The molecule has 1 aromatic carbocycles. The number of aryl methyl sites for hydroxylation is 1. The molecule has 2 unspecified atom stereocenters. The van der Waals surface area contributed by atoms with Crippen molar-refractivity contribution in [1.29, 1.82) is 0 Å². The summed E-state index contributed by atoms with van der Waals surface area (Å²) in [4.78, 5) is 19.5. The van der Waals surface area contributed by atoms with Crippen molar-refractivity contribution >= 4 is 28.3 Å². The number of nitrogens with zero attached hydrogens (tertiary/aromatic N) is 2. The van der Waals surface area contributed by atoms with E-state index in [1.165, 1.54) is 5.56 Å². The van der Waals surface area contributed by atoms with Crippen molar-refractivity contribution in [3.8, 4) is 11.1 Å². The van der Waals surface area contributed by atoms with Crippen molar-refractivity contribution in [3.05, 3.63) is 54.5 Å². The molecule has 0 radical (unpaired) electrons. The van der Waals surface area contributed by atoms with Crippen LogP contribution in [-0.4, -0.2) is 26.4 Å². The molecule has 1 fully saturated rings. The minimum absolute atomic E-state index is 0.296. The zero-order valence-corrected chi connectivity index (χ0v) is 14.2. The average Bonchev–Trinajstić information content (AvgIpc) is 3.02. The normalized spacial score (nSPS) is 19.2. The second kappa shape index (κ2) is 5.42. The Morgan fingerprint density at radius 2 is 2.15 bits per heavy atom. The molecule has 0 aliphatic heterocycles. The van der Waals surface area contributed by atoms with Gasteiger partial charge in [0, 0.05) is 17.9 Å². The number of H-pyrrole nitrogens is 1. The largest absolute Gasteiger partial charge is 0.361 e. The molecule has 5 nitrogen and oxygen atoms in total. The van der Waals surface area contributed by atoms with Crippen LogP contribution < -0.4 is 5.32 Å². The molecule has 2 N–H and O–H groups in total. The Morgan fingerprint density at radius 3 is 2.96 bits per heavy atom. The number of alkyl halides is 1. The van der Waals surface area contributed by atoms with Gasteiger partial charge in [-0.2, -0.15) is 0 Å². The summed E-state index contributed by atoms with van der Waals surface area (Å²) in [7, 11) is 0. The number of hydrogen-bond donors (Lipinski definition) is 2. The van der Waals surface area contributed by atoms with Gasteiger partial charge in [0.1, 0.15) is 11.8 Å². The van der Waals surface area contributed by atoms with Crippen LogP contribution in [-0.2, 0) is 4.79 Å². The fourth-order valence-corrected chi connectivity index (χ4v) is 3.39. The van der Waals surface area contributed by atoms with Crippen molar-refractivity contribution in [1.82, 2.24) is 14.4 Å². The summed E-state index contributed by atoms with van der Waals surface area (Å²) in [6.45, 7) is 2.09. The molecule has 3 heterocycles. The van der Waals surface area contributed by atoms with E-state index < -0.39 is 12.1 Å². The number of carbonyl (C=O) groups excluding carboxylic acids is 1. The first-order valence-electron chi connectivity index (χ1n) is 8.60. The lowest BCUT2D eigenvalue weighted by molar-refractivity contribution is -0.117. The number of fused-ring (bicyclic) bond motifs is 2. The van der Waals surface area contributed by atoms with Gasteiger partial charge in [0.05, 0.1) is 12.1 Å². The summed E-state index contributed by atoms with van der Waals surface area (Å²) in [6, 6.07) is 10.3. The molecular formula is C20H17FN4O. The number of rotatable bonds is 3. The van der Waals surface area contributed by atoms with Gasteiger partial charge < -0.3 is 14.7 Å². The third-order valence-electron chi connectivity index (χ3n) is 4.96. The number of halogens is 1. The summed E-state index contributed by atoms with van der Waals surface area (Å²) >= 11 is 0. The van der Waals surface area contributed by atoms with Gasteiger partial charge >= 0.3 is 0 Å². The Hall–Kier alpha value is -3.15. The second-order valence-electron chi connectivity index (χ2n) is 6.89. The lowest BCUT2D eigenvalue weighted by Gasteiger charge is -2.07. The number of imidazole rings is 1. The third-order valence-corrected chi connectivity index (χ3v) is 4.96. The second-order valence-corrected chi connectivity index (χ2v) is 6.89. The molecular weight excluding hydrogens is 331 g/mol. The molecule has 0 bridgehead atoms. The number of amides is 1. The highest BCUT2D eigenvalue weighted by molar-refractivity contribution is 5.94. The topological polar surface area (TPSA) is 62.2 Å². The number of aromatic amines is 1. The van der Waals surface area contributed by atoms with Gasteiger partial charge in [-0.1, -0.05) is 0 Å². The van der Waals surface area contributed by atoms with Crippen molar-refractivity contribution in [2.24, 2.45) is 5.92 Å². The van der Waals surface area contributed by atoms with Crippen LogP contribution in [0.25, 0.3) is 27.7 Å². The maximum absolute atomic E-state index is 13.0. The smallest absolute Gasteiger partial charge is 0.231 e. The van der Waals surface area contributed by atoms with Crippen LogP contribution in [0.4, 0.5) is 10.2 Å². The number of hydrogen-bond acceptors (Lipinski definition) is 2. The maximum Gasteiger partial charge on any atom is 0.231 e.